The number of H-pyrrole nitrogens is 1. The van der Waals surface area contributed by atoms with Gasteiger partial charge in [-0.25, -0.2) is 4.98 Å². The SMILES string of the molecule is CC(C)(C(N)=O)c1ccc(Oc2nc3nc(-c4ccc(C5(CO)CC5)cc4)c(Cl)cc3[nH]2)cc1. The standard InChI is InChI=1S/C26H25ClN4O3/c1-25(2,23(28)33)16-7-9-18(10-8-16)34-24-29-20-13-19(27)21(30-22(20)31-24)15-3-5-17(6-4-15)26(14-32)11-12-26/h3-10,13,32H,11-12,14H2,1-2H3,(H2,28,33)(H,29,30,31). The molecule has 2 aromatic carbocycles. The van der Waals surface area contributed by atoms with Crippen molar-refractivity contribution in [2.45, 2.75) is 37.5 Å². The van der Waals surface area contributed by atoms with Crippen LogP contribution in [0.25, 0.3) is 22.4 Å². The summed E-state index contributed by atoms with van der Waals surface area (Å²) in [7, 11) is 0. The lowest BCUT2D eigenvalue weighted by Gasteiger charge is -2.20. The van der Waals surface area contributed by atoms with Crippen molar-refractivity contribution < 1.29 is 14.6 Å². The molecule has 0 saturated heterocycles. The van der Waals surface area contributed by atoms with E-state index in [4.69, 9.17) is 22.1 Å². The van der Waals surface area contributed by atoms with Crippen LogP contribution in [0.15, 0.2) is 54.6 Å². The number of nitrogens with zero attached hydrogens (tertiary/aromatic N) is 2. The minimum atomic E-state index is -0.773. The third-order valence-electron chi connectivity index (χ3n) is 6.74. The highest BCUT2D eigenvalue weighted by Crippen LogP contribution is 2.48. The second-order valence-corrected chi connectivity index (χ2v) is 9.77. The van der Waals surface area contributed by atoms with Crippen molar-refractivity contribution in [3.8, 4) is 23.0 Å². The van der Waals surface area contributed by atoms with Crippen LogP contribution in [0, 0.1) is 0 Å². The lowest BCUT2D eigenvalue weighted by Crippen LogP contribution is -2.35. The number of aliphatic hydroxyl groups is 1. The number of nitrogens with one attached hydrogen (secondary N) is 1. The molecule has 1 aliphatic rings. The first-order chi connectivity index (χ1) is 16.2. The second-order valence-electron chi connectivity index (χ2n) is 9.36. The van der Waals surface area contributed by atoms with E-state index in [9.17, 15) is 9.90 Å². The van der Waals surface area contributed by atoms with Crippen LogP contribution in [0.1, 0.15) is 37.8 Å². The van der Waals surface area contributed by atoms with Crippen LogP contribution in [-0.4, -0.2) is 32.6 Å². The van der Waals surface area contributed by atoms with Gasteiger partial charge in [-0.15, -0.1) is 0 Å². The molecule has 8 heteroatoms. The summed E-state index contributed by atoms with van der Waals surface area (Å²) >= 11 is 6.53. The quantitative estimate of drug-likeness (QED) is 0.352. The van der Waals surface area contributed by atoms with Crippen molar-refractivity contribution in [2.75, 3.05) is 6.61 Å². The highest BCUT2D eigenvalue weighted by molar-refractivity contribution is 6.33. The number of carbonyl (C=O) groups excluding carboxylic acids is 1. The maximum atomic E-state index is 11.7. The fourth-order valence-electron chi connectivity index (χ4n) is 4.01. The Morgan fingerprint density at radius 2 is 1.82 bits per heavy atom. The largest absolute Gasteiger partial charge is 0.426 e. The van der Waals surface area contributed by atoms with Crippen LogP contribution in [0.3, 0.4) is 0 Å². The Bertz CT molecular complexity index is 1370. The second kappa shape index (κ2) is 8.11. The number of imidazole rings is 1. The van der Waals surface area contributed by atoms with E-state index in [0.717, 1.165) is 29.5 Å². The highest BCUT2D eigenvalue weighted by Gasteiger charge is 2.43. The van der Waals surface area contributed by atoms with Gasteiger partial charge in [0, 0.05) is 11.0 Å². The van der Waals surface area contributed by atoms with Crippen molar-refractivity contribution in [1.82, 2.24) is 15.0 Å². The van der Waals surface area contributed by atoms with Gasteiger partial charge in [-0.05, 0) is 56.0 Å². The predicted molar refractivity (Wildman–Crippen MR) is 131 cm³/mol. The number of fused-ring (bicyclic) bond motifs is 1. The van der Waals surface area contributed by atoms with Gasteiger partial charge < -0.3 is 20.6 Å². The van der Waals surface area contributed by atoms with E-state index in [2.05, 4.69) is 15.0 Å². The van der Waals surface area contributed by atoms with E-state index < -0.39 is 11.3 Å². The predicted octanol–water partition coefficient (Wildman–Crippen LogP) is 4.86. The van der Waals surface area contributed by atoms with E-state index in [1.165, 1.54) is 0 Å². The van der Waals surface area contributed by atoms with Gasteiger partial charge in [-0.2, -0.15) is 4.98 Å². The Kier molecular flexibility index (Phi) is 5.34. The monoisotopic (exact) mass is 476 g/mol. The van der Waals surface area contributed by atoms with Crippen molar-refractivity contribution >= 4 is 28.7 Å². The van der Waals surface area contributed by atoms with Gasteiger partial charge in [0.1, 0.15) is 5.75 Å². The zero-order valence-electron chi connectivity index (χ0n) is 18.9. The zero-order valence-corrected chi connectivity index (χ0v) is 19.7. The Balaban J connectivity index is 1.39. The number of rotatable bonds is 7. The molecule has 7 nitrogen and oxygen atoms in total. The minimum Gasteiger partial charge on any atom is -0.426 e. The fourth-order valence-corrected chi connectivity index (χ4v) is 4.27. The summed E-state index contributed by atoms with van der Waals surface area (Å²) in [6.45, 7) is 3.72. The van der Waals surface area contributed by atoms with Crippen LogP contribution in [0.5, 0.6) is 11.8 Å². The molecule has 174 valence electrons. The molecule has 2 aromatic heterocycles. The Labute approximate surface area is 202 Å². The van der Waals surface area contributed by atoms with Crippen molar-refractivity contribution in [1.29, 1.82) is 0 Å². The van der Waals surface area contributed by atoms with Gasteiger partial charge in [0.15, 0.2) is 5.65 Å². The number of aliphatic hydroxyl groups excluding tert-OH is 1. The van der Waals surface area contributed by atoms with Crippen LogP contribution in [-0.2, 0) is 15.6 Å². The molecular formula is C26H25ClN4O3. The van der Waals surface area contributed by atoms with Crippen LogP contribution in [0.4, 0.5) is 0 Å². The molecule has 1 saturated carbocycles. The molecule has 0 aliphatic heterocycles. The molecule has 0 radical (unpaired) electrons. The number of aromatic amines is 1. The molecule has 0 unspecified atom stereocenters. The number of halogens is 1. The topological polar surface area (TPSA) is 114 Å². The number of pyridine rings is 1. The van der Waals surface area contributed by atoms with E-state index in [1.807, 2.05) is 36.4 Å². The van der Waals surface area contributed by atoms with Crippen molar-refractivity contribution in [3.63, 3.8) is 0 Å². The molecule has 0 atom stereocenters. The van der Waals surface area contributed by atoms with Gasteiger partial charge in [-0.1, -0.05) is 48.0 Å². The number of nitrogens with two attached hydrogens (primary N) is 1. The first-order valence-corrected chi connectivity index (χ1v) is 11.5. The molecule has 1 fully saturated rings. The van der Waals surface area contributed by atoms with Gasteiger partial charge >= 0.3 is 6.01 Å². The number of amides is 1. The van der Waals surface area contributed by atoms with E-state index in [-0.39, 0.29) is 18.0 Å². The first kappa shape index (κ1) is 22.4. The van der Waals surface area contributed by atoms with Gasteiger partial charge in [-0.3, -0.25) is 4.79 Å². The lowest BCUT2D eigenvalue weighted by atomic mass is 9.84. The van der Waals surface area contributed by atoms with E-state index in [1.54, 1.807) is 32.0 Å². The summed E-state index contributed by atoms with van der Waals surface area (Å²) in [6, 6.07) is 17.2. The number of hydrogen-bond donors (Lipinski definition) is 3. The normalized spacial score (nSPS) is 14.8. The Morgan fingerprint density at radius 1 is 1.15 bits per heavy atom. The molecule has 1 aliphatic carbocycles. The Hall–Kier alpha value is -3.42. The van der Waals surface area contributed by atoms with Crippen molar-refractivity contribution in [3.05, 3.63) is 70.7 Å². The first-order valence-electron chi connectivity index (χ1n) is 11.1. The smallest absolute Gasteiger partial charge is 0.301 e. The molecular weight excluding hydrogens is 452 g/mol. The van der Waals surface area contributed by atoms with Crippen LogP contribution >= 0.6 is 11.6 Å². The molecule has 5 rings (SSSR count). The highest BCUT2D eigenvalue weighted by atomic mass is 35.5. The molecule has 4 aromatic rings. The van der Waals surface area contributed by atoms with Gasteiger partial charge in [0.05, 0.1) is 28.3 Å². The summed E-state index contributed by atoms with van der Waals surface area (Å²) in [5, 5.41) is 10.2. The molecule has 4 N–H and O–H groups in total. The zero-order chi connectivity index (χ0) is 24.1. The molecule has 0 bridgehead atoms. The van der Waals surface area contributed by atoms with Crippen LogP contribution < -0.4 is 10.5 Å². The van der Waals surface area contributed by atoms with Gasteiger partial charge in [0.2, 0.25) is 5.91 Å². The van der Waals surface area contributed by atoms with Crippen molar-refractivity contribution in [2.24, 2.45) is 5.73 Å². The molecule has 2 heterocycles. The average Bonchev–Trinajstić information content (AvgIpc) is 3.53. The summed E-state index contributed by atoms with van der Waals surface area (Å²) in [6.07, 6.45) is 2.02. The third kappa shape index (κ3) is 3.91. The van der Waals surface area contributed by atoms with Crippen LogP contribution in [0.2, 0.25) is 5.02 Å². The molecule has 0 spiro atoms. The number of ether oxygens (including phenoxy) is 1. The number of primary amides is 1. The summed E-state index contributed by atoms with van der Waals surface area (Å²) in [5.74, 6) is 0.162. The fraction of sp³-hybridized carbons (Fsp3) is 0.269. The van der Waals surface area contributed by atoms with E-state index in [0.29, 0.717) is 27.6 Å². The lowest BCUT2D eigenvalue weighted by molar-refractivity contribution is -0.122. The van der Waals surface area contributed by atoms with E-state index >= 15 is 0 Å². The number of aromatic nitrogens is 3. The molecule has 1 amide bonds. The number of benzene rings is 2. The van der Waals surface area contributed by atoms with Gasteiger partial charge in [0.25, 0.3) is 0 Å². The maximum absolute atomic E-state index is 11.7. The summed E-state index contributed by atoms with van der Waals surface area (Å²) in [5.41, 5.74) is 9.22. The molecule has 34 heavy (non-hydrogen) atoms. The third-order valence-corrected chi connectivity index (χ3v) is 7.03. The minimum absolute atomic E-state index is 0.0814. The maximum Gasteiger partial charge on any atom is 0.301 e. The Morgan fingerprint density at radius 3 is 2.41 bits per heavy atom. The summed E-state index contributed by atoms with van der Waals surface area (Å²) < 4.78 is 5.86. The number of carbonyl (C=O) groups is 1. The average molecular weight is 477 g/mol. The summed E-state index contributed by atoms with van der Waals surface area (Å²) in [4.78, 5) is 23.9. The number of hydrogen-bond acceptors (Lipinski definition) is 5.